The van der Waals surface area contributed by atoms with Crippen LogP contribution < -0.4 is 10.6 Å². The molecule has 1 unspecified atom stereocenters. The number of carbonyl (C=O) groups is 1. The van der Waals surface area contributed by atoms with Crippen molar-refractivity contribution in [3.8, 4) is 0 Å². The molecule has 4 aromatic carbocycles. The standard InChI is InChI=1S/C28H25O2P.B/c29-28(24-15-7-2-8-16-24)30-27(23-13-5-1-6-14-23)21-22-31(25-17-9-3-10-18-25)26-19-11-4-12-20-26;/h1-20,27H,21-22H2;. The molecule has 0 N–H and O–H groups in total. The summed E-state index contributed by atoms with van der Waals surface area (Å²) in [6, 6.07) is 40.6. The Morgan fingerprint density at radius 3 is 1.59 bits per heavy atom. The van der Waals surface area contributed by atoms with Crippen LogP contribution in [-0.4, -0.2) is 20.5 Å². The molecule has 0 fully saturated rings. The first kappa shape index (κ1) is 23.5. The van der Waals surface area contributed by atoms with E-state index in [2.05, 4.69) is 60.7 Å². The number of ether oxygens (including phenoxy) is 1. The van der Waals surface area contributed by atoms with Crippen LogP contribution in [-0.2, 0) is 4.74 Å². The molecule has 4 rings (SSSR count). The molecule has 0 spiro atoms. The Morgan fingerprint density at radius 2 is 1.09 bits per heavy atom. The maximum absolute atomic E-state index is 12.8. The zero-order valence-electron chi connectivity index (χ0n) is 17.9. The minimum atomic E-state index is -0.544. The highest BCUT2D eigenvalue weighted by molar-refractivity contribution is 7.73. The average molecular weight is 435 g/mol. The van der Waals surface area contributed by atoms with Gasteiger partial charge in [0.05, 0.1) is 5.56 Å². The third kappa shape index (κ3) is 6.18. The van der Waals surface area contributed by atoms with Crippen LogP contribution in [0.15, 0.2) is 121 Å². The molecule has 0 amide bonds. The maximum atomic E-state index is 12.8. The van der Waals surface area contributed by atoms with Gasteiger partial charge >= 0.3 is 5.97 Å². The molecular formula is C28H25BO2P. The third-order valence-electron chi connectivity index (χ3n) is 5.18. The van der Waals surface area contributed by atoms with Gasteiger partial charge < -0.3 is 4.74 Å². The summed E-state index contributed by atoms with van der Waals surface area (Å²) in [5, 5.41) is 2.68. The Bertz CT molecular complexity index is 1030. The molecule has 0 saturated heterocycles. The van der Waals surface area contributed by atoms with E-state index in [9.17, 15) is 4.79 Å². The second-order valence-corrected chi connectivity index (χ2v) is 9.62. The molecule has 0 heterocycles. The van der Waals surface area contributed by atoms with Gasteiger partial charge in [-0.25, -0.2) is 4.79 Å². The van der Waals surface area contributed by atoms with E-state index >= 15 is 0 Å². The molecule has 157 valence electrons. The maximum Gasteiger partial charge on any atom is 0.338 e. The number of hydrogen-bond donors (Lipinski definition) is 0. The topological polar surface area (TPSA) is 26.3 Å². The normalized spacial score (nSPS) is 11.4. The molecule has 0 aliphatic heterocycles. The number of rotatable bonds is 8. The third-order valence-corrected chi connectivity index (χ3v) is 7.73. The van der Waals surface area contributed by atoms with E-state index in [1.54, 1.807) is 12.1 Å². The van der Waals surface area contributed by atoms with E-state index in [1.165, 1.54) is 10.6 Å². The van der Waals surface area contributed by atoms with Crippen LogP contribution in [0.25, 0.3) is 0 Å². The van der Waals surface area contributed by atoms with Crippen molar-refractivity contribution in [1.82, 2.24) is 0 Å². The van der Waals surface area contributed by atoms with E-state index < -0.39 is 7.92 Å². The predicted octanol–water partition coefficient (Wildman–Crippen LogP) is 5.73. The van der Waals surface area contributed by atoms with Gasteiger partial charge in [0.1, 0.15) is 6.10 Å². The van der Waals surface area contributed by atoms with Crippen molar-refractivity contribution in [3.63, 3.8) is 0 Å². The average Bonchev–Trinajstić information content (AvgIpc) is 2.86. The summed E-state index contributed by atoms with van der Waals surface area (Å²) in [4.78, 5) is 12.8. The summed E-state index contributed by atoms with van der Waals surface area (Å²) in [5.74, 6) is -0.279. The molecule has 3 radical (unpaired) electrons. The van der Waals surface area contributed by atoms with Gasteiger partial charge in [0, 0.05) is 8.41 Å². The van der Waals surface area contributed by atoms with Crippen LogP contribution in [0.2, 0.25) is 0 Å². The Kier molecular flexibility index (Phi) is 8.84. The number of esters is 1. The highest BCUT2D eigenvalue weighted by Gasteiger charge is 2.21. The van der Waals surface area contributed by atoms with Crippen molar-refractivity contribution in [2.45, 2.75) is 12.5 Å². The van der Waals surface area contributed by atoms with Crippen molar-refractivity contribution in [2.24, 2.45) is 0 Å². The van der Waals surface area contributed by atoms with Crippen molar-refractivity contribution >= 4 is 32.9 Å². The Balaban J connectivity index is 0.00000289. The fourth-order valence-electron chi connectivity index (χ4n) is 3.60. The van der Waals surface area contributed by atoms with Gasteiger partial charge in [-0.1, -0.05) is 109 Å². The van der Waals surface area contributed by atoms with Gasteiger partial charge in [0.25, 0.3) is 0 Å². The molecule has 0 aliphatic carbocycles. The largest absolute Gasteiger partial charge is 0.454 e. The minimum absolute atomic E-state index is 0. The van der Waals surface area contributed by atoms with Crippen molar-refractivity contribution in [3.05, 3.63) is 132 Å². The summed E-state index contributed by atoms with van der Waals surface area (Å²) in [6.07, 6.45) is 1.41. The Hall–Kier alpha value is -3.16. The molecule has 32 heavy (non-hydrogen) atoms. The number of benzene rings is 4. The first-order valence-corrected chi connectivity index (χ1v) is 12.0. The SMILES string of the molecule is O=C(OC(CCP(c1ccccc1)c1ccccc1)c1ccccc1)c1ccccc1.[B]. The fourth-order valence-corrected chi connectivity index (χ4v) is 5.97. The molecular weight excluding hydrogens is 410 g/mol. The summed E-state index contributed by atoms with van der Waals surface area (Å²) in [7, 11) is -0.544. The summed E-state index contributed by atoms with van der Waals surface area (Å²) >= 11 is 0. The van der Waals surface area contributed by atoms with E-state index in [-0.39, 0.29) is 20.5 Å². The quantitative estimate of drug-likeness (QED) is 0.201. The van der Waals surface area contributed by atoms with Gasteiger partial charge in [0.2, 0.25) is 0 Å². The molecule has 0 aromatic heterocycles. The predicted molar refractivity (Wildman–Crippen MR) is 135 cm³/mol. The monoisotopic (exact) mass is 435 g/mol. The lowest BCUT2D eigenvalue weighted by Crippen LogP contribution is -2.17. The molecule has 4 aromatic rings. The number of carbonyl (C=O) groups excluding carboxylic acids is 1. The lowest BCUT2D eigenvalue weighted by Gasteiger charge is -2.23. The van der Waals surface area contributed by atoms with Gasteiger partial charge in [-0.2, -0.15) is 0 Å². The van der Waals surface area contributed by atoms with E-state index in [0.717, 1.165) is 18.1 Å². The zero-order chi connectivity index (χ0) is 21.3. The first-order valence-electron chi connectivity index (χ1n) is 10.5. The van der Waals surface area contributed by atoms with Crippen LogP contribution in [0, 0.1) is 0 Å². The van der Waals surface area contributed by atoms with Gasteiger partial charge in [-0.15, -0.1) is 0 Å². The molecule has 1 atom stereocenters. The Morgan fingerprint density at radius 1 is 0.656 bits per heavy atom. The summed E-state index contributed by atoms with van der Waals surface area (Å²) in [5.41, 5.74) is 1.61. The minimum Gasteiger partial charge on any atom is -0.454 e. The molecule has 2 nitrogen and oxygen atoms in total. The number of hydrogen-bond acceptors (Lipinski definition) is 2. The van der Waals surface area contributed by atoms with Crippen molar-refractivity contribution in [2.75, 3.05) is 6.16 Å². The van der Waals surface area contributed by atoms with Crippen LogP contribution in [0.1, 0.15) is 28.4 Å². The molecule has 0 saturated carbocycles. The van der Waals surface area contributed by atoms with E-state index in [4.69, 9.17) is 4.74 Å². The second kappa shape index (κ2) is 12.0. The zero-order valence-corrected chi connectivity index (χ0v) is 18.8. The van der Waals surface area contributed by atoms with Gasteiger partial charge in [-0.3, -0.25) is 0 Å². The highest BCUT2D eigenvalue weighted by Crippen LogP contribution is 2.37. The van der Waals surface area contributed by atoms with Crippen LogP contribution >= 0.6 is 7.92 Å². The smallest absolute Gasteiger partial charge is 0.338 e. The lowest BCUT2D eigenvalue weighted by atomic mass is 10.1. The van der Waals surface area contributed by atoms with Crippen LogP contribution in [0.3, 0.4) is 0 Å². The summed E-state index contributed by atoms with van der Waals surface area (Å²) < 4.78 is 6.02. The molecule has 0 aliphatic rings. The Labute approximate surface area is 193 Å². The first-order chi connectivity index (χ1) is 15.3. The van der Waals surface area contributed by atoms with Crippen LogP contribution in [0.5, 0.6) is 0 Å². The lowest BCUT2D eigenvalue weighted by molar-refractivity contribution is 0.0290. The highest BCUT2D eigenvalue weighted by atomic mass is 31.1. The molecule has 0 bridgehead atoms. The van der Waals surface area contributed by atoms with Gasteiger partial charge in [-0.05, 0) is 48.8 Å². The van der Waals surface area contributed by atoms with E-state index in [0.29, 0.717) is 5.56 Å². The fraction of sp³-hybridized carbons (Fsp3) is 0.107. The van der Waals surface area contributed by atoms with Crippen molar-refractivity contribution in [1.29, 1.82) is 0 Å². The van der Waals surface area contributed by atoms with Crippen molar-refractivity contribution < 1.29 is 9.53 Å². The molecule has 4 heteroatoms. The van der Waals surface area contributed by atoms with E-state index in [1.807, 2.05) is 48.5 Å². The summed E-state index contributed by atoms with van der Waals surface area (Å²) in [6.45, 7) is 0. The second-order valence-electron chi connectivity index (χ2n) is 7.28. The van der Waals surface area contributed by atoms with Gasteiger partial charge in [0.15, 0.2) is 0 Å². The van der Waals surface area contributed by atoms with Crippen LogP contribution in [0.4, 0.5) is 0 Å².